The molecule has 1 aliphatic heterocycles. The molecule has 1 rings (SSSR count). The zero-order valence-corrected chi connectivity index (χ0v) is 6.27. The Kier molecular flexibility index (Phi) is 3.68. The highest BCUT2D eigenvalue weighted by Gasteiger charge is 2.07. The molecule has 1 saturated heterocycles. The maximum Gasteiger partial charge on any atom is 0.103 e. The van der Waals surface area contributed by atoms with Crippen molar-refractivity contribution in [1.82, 2.24) is 10.4 Å². The number of piperidine rings is 1. The minimum absolute atomic E-state index is 0.267. The van der Waals surface area contributed by atoms with Crippen molar-refractivity contribution in [2.75, 3.05) is 26.3 Å². The maximum absolute atomic E-state index is 11.7. The average molecular weight is 146 g/mol. The summed E-state index contributed by atoms with van der Waals surface area (Å²) in [6.07, 6.45) is 3.83. The fraction of sp³-hybridized carbons (Fsp3) is 1.00. The van der Waals surface area contributed by atoms with Crippen LogP contribution in [0, 0.1) is 0 Å². The van der Waals surface area contributed by atoms with E-state index in [0.717, 1.165) is 13.1 Å². The van der Waals surface area contributed by atoms with E-state index in [2.05, 4.69) is 10.4 Å². The average Bonchev–Trinajstić information content (AvgIpc) is 2.03. The van der Waals surface area contributed by atoms with Crippen LogP contribution in [0.2, 0.25) is 0 Å². The molecule has 0 aliphatic carbocycles. The van der Waals surface area contributed by atoms with Crippen LogP contribution >= 0.6 is 0 Å². The molecule has 2 nitrogen and oxygen atoms in total. The second kappa shape index (κ2) is 4.63. The second-order valence-electron chi connectivity index (χ2n) is 2.64. The number of rotatable bonds is 3. The Morgan fingerprint density at radius 1 is 1.20 bits per heavy atom. The van der Waals surface area contributed by atoms with Crippen molar-refractivity contribution in [2.24, 2.45) is 0 Å². The fourth-order valence-corrected chi connectivity index (χ4v) is 1.25. The number of alkyl halides is 1. The van der Waals surface area contributed by atoms with E-state index in [9.17, 15) is 4.39 Å². The Balaban J connectivity index is 2.02. The molecule has 1 fully saturated rings. The summed E-state index contributed by atoms with van der Waals surface area (Å²) in [5.41, 5.74) is 3.03. The highest BCUT2D eigenvalue weighted by molar-refractivity contribution is 4.59. The zero-order valence-electron chi connectivity index (χ0n) is 6.27. The van der Waals surface area contributed by atoms with Gasteiger partial charge in [-0.1, -0.05) is 6.42 Å². The number of halogens is 1. The lowest BCUT2D eigenvalue weighted by Crippen LogP contribution is -2.42. The molecule has 0 atom stereocenters. The summed E-state index contributed by atoms with van der Waals surface area (Å²) in [6.45, 7) is 2.37. The van der Waals surface area contributed by atoms with Crippen LogP contribution in [0.15, 0.2) is 0 Å². The largest absolute Gasteiger partial charge is 0.253 e. The van der Waals surface area contributed by atoms with E-state index in [0.29, 0.717) is 6.54 Å². The number of hydrogen-bond acceptors (Lipinski definition) is 2. The van der Waals surface area contributed by atoms with Gasteiger partial charge in [-0.25, -0.2) is 9.40 Å². The van der Waals surface area contributed by atoms with Crippen LogP contribution in [0.1, 0.15) is 19.3 Å². The normalized spacial score (nSPS) is 21.3. The molecule has 1 heterocycles. The molecule has 0 saturated carbocycles. The third kappa shape index (κ3) is 2.62. The molecule has 0 bridgehead atoms. The highest BCUT2D eigenvalue weighted by Crippen LogP contribution is 2.05. The van der Waals surface area contributed by atoms with E-state index >= 15 is 0 Å². The first-order valence-electron chi connectivity index (χ1n) is 3.98. The van der Waals surface area contributed by atoms with Gasteiger partial charge in [-0.2, -0.15) is 0 Å². The summed E-state index contributed by atoms with van der Waals surface area (Å²) >= 11 is 0. The molecule has 1 aliphatic rings. The standard InChI is InChI=1S/C7H15FN2/c8-4-5-9-10-6-2-1-3-7-10/h9H,1-7H2. The van der Waals surface area contributed by atoms with Crippen LogP contribution < -0.4 is 5.43 Å². The van der Waals surface area contributed by atoms with Gasteiger partial charge in [0.1, 0.15) is 6.67 Å². The Hall–Kier alpha value is -0.150. The third-order valence-corrected chi connectivity index (χ3v) is 1.79. The quantitative estimate of drug-likeness (QED) is 0.637. The van der Waals surface area contributed by atoms with E-state index in [1.165, 1.54) is 19.3 Å². The molecule has 0 aromatic carbocycles. The Labute approximate surface area is 61.4 Å². The smallest absolute Gasteiger partial charge is 0.103 e. The molecular weight excluding hydrogens is 131 g/mol. The molecule has 0 spiro atoms. The minimum Gasteiger partial charge on any atom is -0.253 e. The molecule has 0 radical (unpaired) electrons. The lowest BCUT2D eigenvalue weighted by molar-refractivity contribution is 0.149. The van der Waals surface area contributed by atoms with Gasteiger partial charge in [-0.15, -0.1) is 0 Å². The van der Waals surface area contributed by atoms with Crippen molar-refractivity contribution < 1.29 is 4.39 Å². The van der Waals surface area contributed by atoms with Gasteiger partial charge >= 0.3 is 0 Å². The van der Waals surface area contributed by atoms with Gasteiger partial charge in [-0.05, 0) is 12.8 Å². The van der Waals surface area contributed by atoms with Gasteiger partial charge < -0.3 is 0 Å². The van der Waals surface area contributed by atoms with E-state index in [1.807, 2.05) is 0 Å². The lowest BCUT2D eigenvalue weighted by atomic mass is 10.2. The van der Waals surface area contributed by atoms with Crippen LogP contribution in [0.25, 0.3) is 0 Å². The molecular formula is C7H15FN2. The first kappa shape index (κ1) is 7.95. The number of nitrogens with zero attached hydrogens (tertiary/aromatic N) is 1. The first-order valence-corrected chi connectivity index (χ1v) is 3.98. The van der Waals surface area contributed by atoms with Crippen molar-refractivity contribution in [3.63, 3.8) is 0 Å². The second-order valence-corrected chi connectivity index (χ2v) is 2.64. The van der Waals surface area contributed by atoms with Crippen LogP contribution in [0.3, 0.4) is 0 Å². The summed E-state index contributed by atoms with van der Waals surface area (Å²) in [6, 6.07) is 0. The van der Waals surface area contributed by atoms with E-state index in [4.69, 9.17) is 0 Å². The summed E-state index contributed by atoms with van der Waals surface area (Å²) in [7, 11) is 0. The predicted octanol–water partition coefficient (Wildman–Crippen LogP) is 0.946. The van der Waals surface area contributed by atoms with Gasteiger partial charge in [0.15, 0.2) is 0 Å². The summed E-state index contributed by atoms with van der Waals surface area (Å²) in [5, 5.41) is 2.11. The lowest BCUT2D eigenvalue weighted by Gasteiger charge is -2.26. The van der Waals surface area contributed by atoms with Crippen molar-refractivity contribution in [1.29, 1.82) is 0 Å². The van der Waals surface area contributed by atoms with Crippen LogP contribution in [-0.4, -0.2) is 31.3 Å². The first-order chi connectivity index (χ1) is 4.93. The van der Waals surface area contributed by atoms with Crippen LogP contribution in [-0.2, 0) is 0 Å². The van der Waals surface area contributed by atoms with Crippen molar-refractivity contribution >= 4 is 0 Å². The third-order valence-electron chi connectivity index (χ3n) is 1.79. The molecule has 60 valence electrons. The molecule has 1 N–H and O–H groups in total. The van der Waals surface area contributed by atoms with Gasteiger partial charge in [0.2, 0.25) is 0 Å². The van der Waals surface area contributed by atoms with Crippen molar-refractivity contribution in [3.05, 3.63) is 0 Å². The van der Waals surface area contributed by atoms with Crippen molar-refractivity contribution in [2.45, 2.75) is 19.3 Å². The number of nitrogens with one attached hydrogen (secondary N) is 1. The summed E-state index contributed by atoms with van der Waals surface area (Å²) < 4.78 is 11.7. The monoisotopic (exact) mass is 146 g/mol. The highest BCUT2D eigenvalue weighted by atomic mass is 19.1. The van der Waals surface area contributed by atoms with Crippen LogP contribution in [0.5, 0.6) is 0 Å². The topological polar surface area (TPSA) is 15.3 Å². The number of hydrazine groups is 1. The molecule has 0 aromatic rings. The number of hydrogen-bond donors (Lipinski definition) is 1. The van der Waals surface area contributed by atoms with Gasteiger partial charge in [0.25, 0.3) is 0 Å². The van der Waals surface area contributed by atoms with E-state index in [-0.39, 0.29) is 6.67 Å². The summed E-state index contributed by atoms with van der Waals surface area (Å²) in [5.74, 6) is 0. The molecule has 0 aromatic heterocycles. The van der Waals surface area contributed by atoms with E-state index in [1.54, 1.807) is 0 Å². The molecule has 0 amide bonds. The molecule has 0 unspecified atom stereocenters. The predicted molar refractivity (Wildman–Crippen MR) is 39.4 cm³/mol. The van der Waals surface area contributed by atoms with E-state index < -0.39 is 0 Å². The maximum atomic E-state index is 11.7. The summed E-state index contributed by atoms with van der Waals surface area (Å²) in [4.78, 5) is 0. The molecule has 3 heteroatoms. The van der Waals surface area contributed by atoms with Crippen LogP contribution in [0.4, 0.5) is 4.39 Å². The van der Waals surface area contributed by atoms with Gasteiger partial charge in [-0.3, -0.25) is 5.43 Å². The Morgan fingerprint density at radius 2 is 1.90 bits per heavy atom. The Bertz CT molecular complexity index is 81.7. The molecule has 10 heavy (non-hydrogen) atoms. The SMILES string of the molecule is FCCNN1CCCCC1. The van der Waals surface area contributed by atoms with Gasteiger partial charge in [0.05, 0.1) is 0 Å². The minimum atomic E-state index is -0.267. The zero-order chi connectivity index (χ0) is 7.23. The fourth-order valence-electron chi connectivity index (χ4n) is 1.25. The van der Waals surface area contributed by atoms with Gasteiger partial charge in [0, 0.05) is 19.6 Å². The Morgan fingerprint density at radius 3 is 2.50 bits per heavy atom. The van der Waals surface area contributed by atoms with Crippen molar-refractivity contribution in [3.8, 4) is 0 Å².